The van der Waals surface area contributed by atoms with Gasteiger partial charge in [-0.1, -0.05) is 11.8 Å². The third-order valence-corrected chi connectivity index (χ3v) is 7.20. The molecule has 0 spiro atoms. The highest BCUT2D eigenvalue weighted by molar-refractivity contribution is 8.02. The minimum absolute atomic E-state index is 0.222. The van der Waals surface area contributed by atoms with Crippen LogP contribution in [0, 0.1) is 11.6 Å². The average Bonchev–Trinajstić information content (AvgIpc) is 3.20. The van der Waals surface area contributed by atoms with Gasteiger partial charge in [0.2, 0.25) is 0 Å². The number of thioether (sulfide) groups is 2. The molecule has 1 aliphatic heterocycles. The molecule has 4 rings (SSSR count). The van der Waals surface area contributed by atoms with Crippen molar-refractivity contribution in [2.45, 2.75) is 16.6 Å². The van der Waals surface area contributed by atoms with Gasteiger partial charge in [0.15, 0.2) is 11.0 Å². The Morgan fingerprint density at radius 3 is 2.16 bits per heavy atom. The van der Waals surface area contributed by atoms with Crippen LogP contribution in [-0.4, -0.2) is 64.0 Å². The summed E-state index contributed by atoms with van der Waals surface area (Å²) in [6.45, 7) is 5.00. The Balaban J connectivity index is 1.42. The highest BCUT2D eigenvalue weighted by Crippen LogP contribution is 2.26. The molecule has 2 aromatic carbocycles. The monoisotopic (exact) mass is 462 g/mol. The number of rotatable bonds is 9. The quantitative estimate of drug-likeness (QED) is 0.346. The van der Waals surface area contributed by atoms with E-state index in [-0.39, 0.29) is 11.6 Å². The zero-order valence-corrected chi connectivity index (χ0v) is 18.7. The lowest BCUT2D eigenvalue weighted by Gasteiger charge is -2.27. The Bertz CT molecular complexity index is 961. The van der Waals surface area contributed by atoms with Gasteiger partial charge >= 0.3 is 0 Å². The number of ether oxygens (including phenoxy) is 1. The first-order valence-electron chi connectivity index (χ1n) is 10.2. The second-order valence-electron chi connectivity index (χ2n) is 7.07. The smallest absolute Gasteiger partial charge is 0.191 e. The molecule has 1 fully saturated rings. The second-order valence-corrected chi connectivity index (χ2v) is 9.30. The summed E-state index contributed by atoms with van der Waals surface area (Å²) in [6.07, 6.45) is 0. The summed E-state index contributed by atoms with van der Waals surface area (Å²) in [5, 5.41) is 9.67. The van der Waals surface area contributed by atoms with Crippen LogP contribution in [-0.2, 0) is 11.3 Å². The fraction of sp³-hybridized carbons (Fsp3) is 0.364. The maximum absolute atomic E-state index is 13.4. The normalized spacial score (nSPS) is 14.8. The van der Waals surface area contributed by atoms with Gasteiger partial charge in [0.05, 0.1) is 13.2 Å². The summed E-state index contributed by atoms with van der Waals surface area (Å²) in [7, 11) is 0. The lowest BCUT2D eigenvalue weighted by Crippen LogP contribution is -2.38. The minimum Gasteiger partial charge on any atom is -0.379 e. The molecule has 5 nitrogen and oxygen atoms in total. The molecule has 1 aliphatic rings. The number of morpholine rings is 1. The molecular formula is C22H24F2N4OS2. The number of hydrogen-bond donors (Lipinski definition) is 0. The van der Waals surface area contributed by atoms with Gasteiger partial charge in [-0.3, -0.25) is 4.90 Å². The van der Waals surface area contributed by atoms with Gasteiger partial charge in [-0.25, -0.2) is 8.78 Å². The lowest BCUT2D eigenvalue weighted by molar-refractivity contribution is 0.0361. The van der Waals surface area contributed by atoms with Gasteiger partial charge in [0.1, 0.15) is 11.6 Å². The summed E-state index contributed by atoms with van der Waals surface area (Å²) >= 11 is 3.34. The van der Waals surface area contributed by atoms with E-state index in [0.29, 0.717) is 0 Å². The van der Waals surface area contributed by atoms with Crippen LogP contribution >= 0.6 is 23.5 Å². The predicted octanol–water partition coefficient (Wildman–Crippen LogP) is 4.44. The van der Waals surface area contributed by atoms with E-state index in [2.05, 4.69) is 19.7 Å². The van der Waals surface area contributed by atoms with Gasteiger partial charge < -0.3 is 9.30 Å². The third kappa shape index (κ3) is 6.29. The van der Waals surface area contributed by atoms with E-state index in [9.17, 15) is 8.78 Å². The van der Waals surface area contributed by atoms with E-state index in [0.717, 1.165) is 72.3 Å². The van der Waals surface area contributed by atoms with Crippen molar-refractivity contribution in [1.82, 2.24) is 19.7 Å². The Morgan fingerprint density at radius 2 is 1.45 bits per heavy atom. The zero-order valence-electron chi connectivity index (χ0n) is 17.0. The average molecular weight is 463 g/mol. The van der Waals surface area contributed by atoms with Crippen LogP contribution in [0.15, 0.2) is 58.6 Å². The summed E-state index contributed by atoms with van der Waals surface area (Å²) in [5.74, 6) is 1.98. The van der Waals surface area contributed by atoms with E-state index in [1.165, 1.54) is 24.3 Å². The molecule has 164 valence electrons. The van der Waals surface area contributed by atoms with Gasteiger partial charge in [0, 0.05) is 48.1 Å². The fourth-order valence-corrected chi connectivity index (χ4v) is 5.14. The maximum Gasteiger partial charge on any atom is 0.191 e. The van der Waals surface area contributed by atoms with Gasteiger partial charge in [-0.05, 0) is 48.5 Å². The van der Waals surface area contributed by atoms with Crippen molar-refractivity contribution in [1.29, 1.82) is 0 Å². The van der Waals surface area contributed by atoms with Crippen molar-refractivity contribution in [2.24, 2.45) is 0 Å². The number of aromatic nitrogens is 3. The summed E-state index contributed by atoms with van der Waals surface area (Å²) in [4.78, 5) is 3.42. The van der Waals surface area contributed by atoms with E-state index < -0.39 is 0 Å². The molecule has 31 heavy (non-hydrogen) atoms. The van der Waals surface area contributed by atoms with Crippen LogP contribution in [0.25, 0.3) is 11.4 Å². The molecule has 0 radical (unpaired) electrons. The van der Waals surface area contributed by atoms with Crippen LogP contribution in [0.4, 0.5) is 8.78 Å². The maximum atomic E-state index is 13.4. The first kappa shape index (κ1) is 22.3. The van der Waals surface area contributed by atoms with Gasteiger partial charge in [0.25, 0.3) is 0 Å². The molecule has 0 saturated carbocycles. The van der Waals surface area contributed by atoms with Crippen molar-refractivity contribution < 1.29 is 13.5 Å². The molecule has 3 aromatic rings. The number of halogens is 2. The van der Waals surface area contributed by atoms with E-state index in [1.54, 1.807) is 47.8 Å². The van der Waals surface area contributed by atoms with Crippen molar-refractivity contribution in [3.05, 3.63) is 60.2 Å². The molecule has 0 atom stereocenters. The predicted molar refractivity (Wildman–Crippen MR) is 121 cm³/mol. The summed E-state index contributed by atoms with van der Waals surface area (Å²) < 4.78 is 34.0. The van der Waals surface area contributed by atoms with Crippen LogP contribution in [0.3, 0.4) is 0 Å². The molecule has 0 N–H and O–H groups in total. The molecule has 0 amide bonds. The highest BCUT2D eigenvalue weighted by Gasteiger charge is 2.17. The third-order valence-electron chi connectivity index (χ3n) is 4.96. The number of hydrogen-bond acceptors (Lipinski definition) is 6. The number of benzene rings is 2. The van der Waals surface area contributed by atoms with Crippen molar-refractivity contribution in [3.8, 4) is 11.4 Å². The van der Waals surface area contributed by atoms with E-state index in [1.807, 2.05) is 0 Å². The van der Waals surface area contributed by atoms with Crippen LogP contribution in [0.5, 0.6) is 0 Å². The molecule has 2 heterocycles. The molecule has 9 heteroatoms. The topological polar surface area (TPSA) is 43.2 Å². The highest BCUT2D eigenvalue weighted by atomic mass is 32.2. The first-order chi connectivity index (χ1) is 15.2. The van der Waals surface area contributed by atoms with Crippen LogP contribution < -0.4 is 0 Å². The Morgan fingerprint density at radius 1 is 0.806 bits per heavy atom. The summed E-state index contributed by atoms with van der Waals surface area (Å²) in [6, 6.07) is 12.9. The van der Waals surface area contributed by atoms with Crippen molar-refractivity contribution >= 4 is 23.5 Å². The molecule has 1 saturated heterocycles. The van der Waals surface area contributed by atoms with Crippen LogP contribution in [0.1, 0.15) is 0 Å². The van der Waals surface area contributed by atoms with E-state index >= 15 is 0 Å². The largest absolute Gasteiger partial charge is 0.379 e. The molecule has 0 bridgehead atoms. The SMILES string of the molecule is Fc1ccc(SCCSc2nnc(-c3ccc(F)cc3)n2CCN2CCOCC2)cc1. The zero-order chi connectivity index (χ0) is 21.5. The van der Waals surface area contributed by atoms with E-state index in [4.69, 9.17) is 4.74 Å². The molecule has 0 aliphatic carbocycles. The Kier molecular flexibility index (Phi) is 7.96. The molecule has 0 unspecified atom stereocenters. The number of nitrogens with zero attached hydrogens (tertiary/aromatic N) is 4. The van der Waals surface area contributed by atoms with Gasteiger partial charge in [-0.2, -0.15) is 0 Å². The standard InChI is InChI=1S/C22H24F2N4OS2/c23-18-3-1-17(2-4-18)21-25-26-22(28(21)10-9-27-11-13-29-14-12-27)31-16-15-30-20-7-5-19(24)6-8-20/h1-8H,9-16H2. The Labute approximate surface area is 189 Å². The lowest BCUT2D eigenvalue weighted by atomic mass is 10.2. The second kappa shape index (κ2) is 11.1. The fourth-order valence-electron chi connectivity index (χ4n) is 3.30. The molecular weight excluding hydrogens is 438 g/mol. The first-order valence-corrected chi connectivity index (χ1v) is 12.2. The minimum atomic E-state index is -0.268. The van der Waals surface area contributed by atoms with Gasteiger partial charge in [-0.15, -0.1) is 22.0 Å². The van der Waals surface area contributed by atoms with Crippen molar-refractivity contribution in [3.63, 3.8) is 0 Å². The van der Waals surface area contributed by atoms with Crippen molar-refractivity contribution in [2.75, 3.05) is 44.4 Å². The van der Waals surface area contributed by atoms with Crippen LogP contribution in [0.2, 0.25) is 0 Å². The summed E-state index contributed by atoms with van der Waals surface area (Å²) in [5.41, 5.74) is 0.850. The Hall–Kier alpha value is -1.94. The molecule has 1 aromatic heterocycles.